The van der Waals surface area contributed by atoms with Gasteiger partial charge < -0.3 is 14.8 Å². The van der Waals surface area contributed by atoms with E-state index in [1.54, 1.807) is 24.3 Å². The summed E-state index contributed by atoms with van der Waals surface area (Å²) in [5, 5.41) is 2.36. The third kappa shape index (κ3) is 5.12. The smallest absolute Gasteiger partial charge is 0.264 e. The predicted octanol–water partition coefficient (Wildman–Crippen LogP) is 4.33. The van der Waals surface area contributed by atoms with Crippen LogP contribution in [-0.2, 0) is 14.8 Å². The van der Waals surface area contributed by atoms with Crippen LogP contribution in [0.1, 0.15) is 0 Å². The Morgan fingerprint density at radius 3 is 2.38 bits per heavy atom. The van der Waals surface area contributed by atoms with Crippen LogP contribution in [0.4, 0.5) is 15.8 Å². The van der Waals surface area contributed by atoms with Gasteiger partial charge in [0.1, 0.15) is 23.9 Å². The molecule has 0 heterocycles. The van der Waals surface area contributed by atoms with Gasteiger partial charge in [-0.25, -0.2) is 12.8 Å². The van der Waals surface area contributed by atoms with Crippen molar-refractivity contribution in [2.75, 3.05) is 30.4 Å². The van der Waals surface area contributed by atoms with E-state index in [9.17, 15) is 17.6 Å². The molecule has 10 heteroatoms. The Hall–Kier alpha value is -3.30. The van der Waals surface area contributed by atoms with Crippen LogP contribution in [0.25, 0.3) is 0 Å². The summed E-state index contributed by atoms with van der Waals surface area (Å²) in [6.07, 6.45) is 0. The molecule has 3 aromatic carbocycles. The first-order valence-corrected chi connectivity index (χ1v) is 11.1. The highest BCUT2D eigenvalue weighted by Gasteiger charge is 2.29. The van der Waals surface area contributed by atoms with Gasteiger partial charge in [0.05, 0.1) is 29.8 Å². The second-order valence-electron chi connectivity index (χ2n) is 6.54. The van der Waals surface area contributed by atoms with Crippen molar-refractivity contribution >= 4 is 38.9 Å². The quantitative estimate of drug-likeness (QED) is 0.521. The molecule has 0 saturated heterocycles. The molecular formula is C22H20ClFN2O5S. The second-order valence-corrected chi connectivity index (χ2v) is 8.81. The van der Waals surface area contributed by atoms with Gasteiger partial charge in [-0.3, -0.25) is 9.10 Å². The Balaban J connectivity index is 2.01. The van der Waals surface area contributed by atoms with E-state index in [2.05, 4.69) is 5.32 Å². The van der Waals surface area contributed by atoms with Crippen LogP contribution in [-0.4, -0.2) is 35.1 Å². The first kappa shape index (κ1) is 23.4. The summed E-state index contributed by atoms with van der Waals surface area (Å²) in [5.41, 5.74) is 0.365. The second kappa shape index (κ2) is 9.88. The molecular weight excluding hydrogens is 459 g/mol. The van der Waals surface area contributed by atoms with Crippen molar-refractivity contribution in [2.45, 2.75) is 4.90 Å². The standard InChI is InChI=1S/C22H20ClFN2O5S/c1-30-16-9-11-20(21(13-16)31-2)26(32(28,29)17-6-4-3-5-7-17)14-22(27)25-15-8-10-19(24)18(23)12-15/h3-13H,14H2,1-2H3,(H,25,27). The lowest BCUT2D eigenvalue weighted by molar-refractivity contribution is -0.114. The highest BCUT2D eigenvalue weighted by molar-refractivity contribution is 7.92. The number of halogens is 2. The lowest BCUT2D eigenvalue weighted by atomic mass is 10.2. The topological polar surface area (TPSA) is 84.9 Å². The zero-order valence-corrected chi connectivity index (χ0v) is 18.8. The number of amides is 1. The summed E-state index contributed by atoms with van der Waals surface area (Å²) < 4.78 is 51.7. The van der Waals surface area contributed by atoms with Crippen LogP contribution in [0.5, 0.6) is 11.5 Å². The highest BCUT2D eigenvalue weighted by atomic mass is 35.5. The normalized spacial score (nSPS) is 11.0. The zero-order chi connectivity index (χ0) is 23.3. The number of hydrogen-bond acceptors (Lipinski definition) is 5. The summed E-state index contributed by atoms with van der Waals surface area (Å²) in [7, 11) is -1.30. The molecule has 7 nitrogen and oxygen atoms in total. The molecule has 0 fully saturated rings. The van der Waals surface area contributed by atoms with Crippen LogP contribution in [0, 0.1) is 5.82 Å². The number of anilines is 2. The maximum Gasteiger partial charge on any atom is 0.264 e. The van der Waals surface area contributed by atoms with Crippen LogP contribution in [0.2, 0.25) is 5.02 Å². The first-order chi connectivity index (χ1) is 15.3. The van der Waals surface area contributed by atoms with Gasteiger partial charge in [0, 0.05) is 11.8 Å². The van der Waals surface area contributed by atoms with Crippen molar-refractivity contribution in [1.29, 1.82) is 0 Å². The van der Waals surface area contributed by atoms with E-state index in [0.717, 1.165) is 10.4 Å². The summed E-state index contributed by atoms with van der Waals surface area (Å²) in [6.45, 7) is -0.574. The number of benzene rings is 3. The minimum atomic E-state index is -4.14. The maximum atomic E-state index is 13.4. The number of nitrogens with zero attached hydrogens (tertiary/aromatic N) is 1. The fourth-order valence-electron chi connectivity index (χ4n) is 2.92. The van der Waals surface area contributed by atoms with E-state index in [1.165, 1.54) is 50.6 Å². The molecule has 0 saturated carbocycles. The molecule has 0 unspecified atom stereocenters. The number of carbonyl (C=O) groups is 1. The zero-order valence-electron chi connectivity index (χ0n) is 17.2. The van der Waals surface area contributed by atoms with Crippen molar-refractivity contribution in [3.8, 4) is 11.5 Å². The number of hydrogen-bond donors (Lipinski definition) is 1. The molecule has 0 radical (unpaired) electrons. The molecule has 168 valence electrons. The lowest BCUT2D eigenvalue weighted by Gasteiger charge is -2.26. The van der Waals surface area contributed by atoms with Crippen LogP contribution in [0.15, 0.2) is 71.6 Å². The lowest BCUT2D eigenvalue weighted by Crippen LogP contribution is -2.38. The summed E-state index contributed by atoms with van der Waals surface area (Å²) in [6, 6.07) is 15.9. The molecule has 1 N–H and O–H groups in total. The van der Waals surface area contributed by atoms with Gasteiger partial charge in [-0.2, -0.15) is 0 Å². The van der Waals surface area contributed by atoms with Gasteiger partial charge in [0.15, 0.2) is 0 Å². The number of rotatable bonds is 8. The number of carbonyl (C=O) groups excluding carboxylic acids is 1. The minimum absolute atomic E-state index is 0.00417. The van der Waals surface area contributed by atoms with Gasteiger partial charge in [0.2, 0.25) is 5.91 Å². The molecule has 0 aromatic heterocycles. The fourth-order valence-corrected chi connectivity index (χ4v) is 4.55. The summed E-state index contributed by atoms with van der Waals surface area (Å²) in [5.74, 6) is -0.652. The number of methoxy groups -OCH3 is 2. The van der Waals surface area contributed by atoms with Crippen LogP contribution >= 0.6 is 11.6 Å². The molecule has 0 aliphatic rings. The molecule has 0 spiro atoms. The molecule has 0 atom stereocenters. The Labute approximate surface area is 190 Å². The Bertz CT molecular complexity index is 1220. The van der Waals surface area contributed by atoms with Gasteiger partial charge in [-0.05, 0) is 42.5 Å². The molecule has 3 aromatic rings. The third-order valence-electron chi connectivity index (χ3n) is 4.48. The van der Waals surface area contributed by atoms with Crippen LogP contribution < -0.4 is 19.1 Å². The van der Waals surface area contributed by atoms with E-state index in [4.69, 9.17) is 21.1 Å². The molecule has 0 aliphatic heterocycles. The number of nitrogens with one attached hydrogen (secondary N) is 1. The summed E-state index contributed by atoms with van der Waals surface area (Å²) in [4.78, 5) is 12.8. The molecule has 3 rings (SSSR count). The molecule has 32 heavy (non-hydrogen) atoms. The van der Waals surface area contributed by atoms with E-state index in [0.29, 0.717) is 5.75 Å². The van der Waals surface area contributed by atoms with Crippen LogP contribution in [0.3, 0.4) is 0 Å². The predicted molar refractivity (Wildman–Crippen MR) is 121 cm³/mol. The highest BCUT2D eigenvalue weighted by Crippen LogP contribution is 2.35. The molecule has 0 bridgehead atoms. The minimum Gasteiger partial charge on any atom is -0.497 e. The monoisotopic (exact) mass is 478 g/mol. The van der Waals surface area contributed by atoms with E-state index >= 15 is 0 Å². The Kier molecular flexibility index (Phi) is 7.22. The van der Waals surface area contributed by atoms with Gasteiger partial charge in [-0.1, -0.05) is 29.8 Å². The Morgan fingerprint density at radius 1 is 1.03 bits per heavy atom. The molecule has 0 aliphatic carbocycles. The average molecular weight is 479 g/mol. The number of sulfonamides is 1. The van der Waals surface area contributed by atoms with E-state index in [1.807, 2.05) is 0 Å². The number of ether oxygens (including phenoxy) is 2. The van der Waals surface area contributed by atoms with Crippen molar-refractivity contribution in [2.24, 2.45) is 0 Å². The van der Waals surface area contributed by atoms with Gasteiger partial charge in [0.25, 0.3) is 10.0 Å². The maximum absolute atomic E-state index is 13.4. The fraction of sp³-hybridized carbons (Fsp3) is 0.136. The third-order valence-corrected chi connectivity index (χ3v) is 6.54. The van der Waals surface area contributed by atoms with E-state index in [-0.39, 0.29) is 27.0 Å². The van der Waals surface area contributed by atoms with Gasteiger partial charge >= 0.3 is 0 Å². The van der Waals surface area contributed by atoms with E-state index < -0.39 is 28.3 Å². The summed E-state index contributed by atoms with van der Waals surface area (Å²) >= 11 is 5.76. The Morgan fingerprint density at radius 2 is 1.75 bits per heavy atom. The SMILES string of the molecule is COc1ccc(N(CC(=O)Nc2ccc(F)c(Cl)c2)S(=O)(=O)c2ccccc2)c(OC)c1. The first-order valence-electron chi connectivity index (χ1n) is 9.31. The van der Waals surface area contributed by atoms with Crippen molar-refractivity contribution < 1.29 is 27.1 Å². The van der Waals surface area contributed by atoms with Crippen molar-refractivity contribution in [3.63, 3.8) is 0 Å². The van der Waals surface area contributed by atoms with Gasteiger partial charge in [-0.15, -0.1) is 0 Å². The molecule has 1 amide bonds. The van der Waals surface area contributed by atoms with Crippen molar-refractivity contribution in [3.05, 3.63) is 77.6 Å². The average Bonchev–Trinajstić information content (AvgIpc) is 2.80. The largest absolute Gasteiger partial charge is 0.497 e. The van der Waals surface area contributed by atoms with Crippen molar-refractivity contribution in [1.82, 2.24) is 0 Å².